The van der Waals surface area contributed by atoms with Crippen molar-refractivity contribution in [1.29, 1.82) is 0 Å². The van der Waals surface area contributed by atoms with Gasteiger partial charge >= 0.3 is 0 Å². The minimum atomic E-state index is -0.447. The highest BCUT2D eigenvalue weighted by atomic mass is 16.2. The van der Waals surface area contributed by atoms with E-state index in [0.717, 1.165) is 41.4 Å². The maximum absolute atomic E-state index is 12.6. The molecule has 3 aliphatic rings. The summed E-state index contributed by atoms with van der Waals surface area (Å²) in [5.74, 6) is 1.57. The Morgan fingerprint density at radius 2 is 2.20 bits per heavy atom. The Bertz CT molecular complexity index is 868. The van der Waals surface area contributed by atoms with Crippen LogP contribution in [0.25, 0.3) is 0 Å². The molecule has 128 valence electrons. The lowest BCUT2D eigenvalue weighted by Gasteiger charge is -2.38. The fraction of sp³-hybridized carbons (Fsp3) is 0.389. The Kier molecular flexibility index (Phi) is 3.10. The molecule has 1 saturated heterocycles. The molecule has 7 nitrogen and oxygen atoms in total. The molecule has 2 aromatic rings. The summed E-state index contributed by atoms with van der Waals surface area (Å²) in [6, 6.07) is 8.06. The van der Waals surface area contributed by atoms with Crippen molar-refractivity contribution in [1.82, 2.24) is 20.7 Å². The number of nitrogens with zero attached hydrogens (tertiary/aromatic N) is 2. The molecule has 3 aliphatic heterocycles. The SMILES string of the molecule is CCC1(c2ncc3c(n2)NNC3)NCC2C(=O)Nc3ccccc3C21. The fourth-order valence-corrected chi connectivity index (χ4v) is 4.50. The maximum atomic E-state index is 12.6. The van der Waals surface area contributed by atoms with Crippen molar-refractivity contribution >= 4 is 17.4 Å². The molecule has 1 fully saturated rings. The van der Waals surface area contributed by atoms with Gasteiger partial charge in [0.05, 0.1) is 11.5 Å². The quantitative estimate of drug-likeness (QED) is 0.664. The lowest BCUT2D eigenvalue weighted by molar-refractivity contribution is -0.120. The lowest BCUT2D eigenvalue weighted by atomic mass is 9.71. The molecule has 0 bridgehead atoms. The topological polar surface area (TPSA) is 91.0 Å². The number of hydrogen-bond donors (Lipinski definition) is 4. The van der Waals surface area contributed by atoms with Crippen molar-refractivity contribution in [2.75, 3.05) is 17.3 Å². The second-order valence-corrected chi connectivity index (χ2v) is 6.91. The predicted octanol–water partition coefficient (Wildman–Crippen LogP) is 1.47. The number of rotatable bonds is 2. The molecule has 7 heteroatoms. The van der Waals surface area contributed by atoms with Crippen LogP contribution < -0.4 is 21.5 Å². The molecular weight excluding hydrogens is 316 g/mol. The Balaban J connectivity index is 1.68. The van der Waals surface area contributed by atoms with Crippen molar-refractivity contribution in [3.63, 3.8) is 0 Å². The number of para-hydroxylation sites is 1. The van der Waals surface area contributed by atoms with E-state index in [1.807, 2.05) is 24.4 Å². The number of aromatic nitrogens is 2. The van der Waals surface area contributed by atoms with Crippen LogP contribution >= 0.6 is 0 Å². The number of anilines is 2. The zero-order valence-corrected chi connectivity index (χ0v) is 14.0. The van der Waals surface area contributed by atoms with Gasteiger partial charge in [0, 0.05) is 36.5 Å². The van der Waals surface area contributed by atoms with Gasteiger partial charge < -0.3 is 16.1 Å². The van der Waals surface area contributed by atoms with Crippen LogP contribution in [-0.4, -0.2) is 22.4 Å². The zero-order chi connectivity index (χ0) is 17.0. The van der Waals surface area contributed by atoms with Gasteiger partial charge in [0.2, 0.25) is 5.91 Å². The molecular formula is C18H20N6O. The van der Waals surface area contributed by atoms with E-state index in [1.54, 1.807) is 0 Å². The molecule has 4 heterocycles. The normalized spacial score (nSPS) is 29.4. The van der Waals surface area contributed by atoms with E-state index in [9.17, 15) is 4.79 Å². The average molecular weight is 336 g/mol. The number of carbonyl (C=O) groups excluding carboxylic acids is 1. The number of amides is 1. The first-order valence-electron chi connectivity index (χ1n) is 8.73. The smallest absolute Gasteiger partial charge is 0.229 e. The predicted molar refractivity (Wildman–Crippen MR) is 93.8 cm³/mol. The molecule has 5 rings (SSSR count). The monoisotopic (exact) mass is 336 g/mol. The Morgan fingerprint density at radius 1 is 1.32 bits per heavy atom. The summed E-state index contributed by atoms with van der Waals surface area (Å²) < 4.78 is 0. The molecule has 0 spiro atoms. The van der Waals surface area contributed by atoms with Crippen LogP contribution in [0.1, 0.15) is 36.2 Å². The van der Waals surface area contributed by atoms with Crippen molar-refractivity contribution in [3.8, 4) is 0 Å². The first kappa shape index (κ1) is 14.8. The number of hydrazine groups is 1. The zero-order valence-electron chi connectivity index (χ0n) is 14.0. The van der Waals surface area contributed by atoms with Crippen LogP contribution in [0.5, 0.6) is 0 Å². The molecule has 1 aromatic heterocycles. The van der Waals surface area contributed by atoms with Gasteiger partial charge in [-0.25, -0.2) is 15.4 Å². The number of benzene rings is 1. The highest BCUT2D eigenvalue weighted by Crippen LogP contribution is 2.51. The summed E-state index contributed by atoms with van der Waals surface area (Å²) in [7, 11) is 0. The van der Waals surface area contributed by atoms with E-state index in [-0.39, 0.29) is 17.7 Å². The number of carbonyl (C=O) groups is 1. The molecule has 0 aliphatic carbocycles. The first-order chi connectivity index (χ1) is 12.2. The number of nitrogens with one attached hydrogen (secondary N) is 4. The highest BCUT2D eigenvalue weighted by Gasteiger charge is 2.55. The molecule has 4 N–H and O–H groups in total. The first-order valence-corrected chi connectivity index (χ1v) is 8.73. The largest absolute Gasteiger partial charge is 0.326 e. The van der Waals surface area contributed by atoms with Crippen molar-refractivity contribution in [2.24, 2.45) is 5.92 Å². The van der Waals surface area contributed by atoms with Gasteiger partial charge in [0.1, 0.15) is 5.82 Å². The third-order valence-corrected chi connectivity index (χ3v) is 5.77. The van der Waals surface area contributed by atoms with E-state index in [0.29, 0.717) is 6.54 Å². The van der Waals surface area contributed by atoms with Crippen molar-refractivity contribution in [2.45, 2.75) is 31.3 Å². The number of hydrogen-bond acceptors (Lipinski definition) is 6. The van der Waals surface area contributed by atoms with Gasteiger partial charge in [-0.3, -0.25) is 4.79 Å². The van der Waals surface area contributed by atoms with Gasteiger partial charge in [-0.05, 0) is 18.1 Å². The molecule has 1 amide bonds. The maximum Gasteiger partial charge on any atom is 0.229 e. The minimum absolute atomic E-state index is 0.0230. The van der Waals surface area contributed by atoms with Gasteiger partial charge in [-0.15, -0.1) is 0 Å². The Morgan fingerprint density at radius 3 is 3.08 bits per heavy atom. The summed E-state index contributed by atoms with van der Waals surface area (Å²) in [6.45, 7) is 3.48. The molecule has 0 saturated carbocycles. The summed E-state index contributed by atoms with van der Waals surface area (Å²) in [5, 5.41) is 6.65. The molecule has 3 unspecified atom stereocenters. The van der Waals surface area contributed by atoms with Crippen molar-refractivity contribution in [3.05, 3.63) is 47.4 Å². The molecule has 0 radical (unpaired) electrons. The van der Waals surface area contributed by atoms with Crippen LogP contribution in [0.2, 0.25) is 0 Å². The standard InChI is InChI=1S/C18H20N6O/c1-2-18(17-19-7-10-8-21-24-15(10)23-17)14-11-5-3-4-6-13(11)22-16(25)12(14)9-20-18/h3-7,12,14,20-21H,2,8-9H2,1H3,(H,22,25)(H,19,23,24). The Hall–Kier alpha value is -2.51. The van der Waals surface area contributed by atoms with Gasteiger partial charge in [0.15, 0.2) is 5.82 Å². The van der Waals surface area contributed by atoms with Crippen LogP contribution in [0.4, 0.5) is 11.5 Å². The van der Waals surface area contributed by atoms with Crippen LogP contribution in [0, 0.1) is 5.92 Å². The lowest BCUT2D eigenvalue weighted by Crippen LogP contribution is -2.44. The summed E-state index contributed by atoms with van der Waals surface area (Å²) >= 11 is 0. The second kappa shape index (κ2) is 5.24. The molecule has 25 heavy (non-hydrogen) atoms. The summed E-state index contributed by atoms with van der Waals surface area (Å²) in [6.07, 6.45) is 2.69. The van der Waals surface area contributed by atoms with Crippen LogP contribution in [-0.2, 0) is 16.9 Å². The van der Waals surface area contributed by atoms with E-state index >= 15 is 0 Å². The van der Waals surface area contributed by atoms with Crippen LogP contribution in [0.3, 0.4) is 0 Å². The Labute approximate surface area is 145 Å². The molecule has 1 aromatic carbocycles. The van der Waals surface area contributed by atoms with Gasteiger partial charge in [-0.2, -0.15) is 0 Å². The van der Waals surface area contributed by atoms with E-state index < -0.39 is 5.54 Å². The van der Waals surface area contributed by atoms with E-state index in [4.69, 9.17) is 4.98 Å². The van der Waals surface area contributed by atoms with E-state index in [1.165, 1.54) is 0 Å². The highest BCUT2D eigenvalue weighted by molar-refractivity contribution is 5.97. The van der Waals surface area contributed by atoms with Crippen molar-refractivity contribution < 1.29 is 4.79 Å². The third kappa shape index (κ3) is 1.96. The summed E-state index contributed by atoms with van der Waals surface area (Å²) in [4.78, 5) is 22.1. The van der Waals surface area contributed by atoms with Gasteiger partial charge in [-0.1, -0.05) is 25.1 Å². The second-order valence-electron chi connectivity index (χ2n) is 6.91. The average Bonchev–Trinajstić information content (AvgIpc) is 3.26. The van der Waals surface area contributed by atoms with Gasteiger partial charge in [0.25, 0.3) is 0 Å². The third-order valence-electron chi connectivity index (χ3n) is 5.77. The summed E-state index contributed by atoms with van der Waals surface area (Å²) in [5.41, 5.74) is 8.85. The van der Waals surface area contributed by atoms with E-state index in [2.05, 4.69) is 39.5 Å². The molecule has 3 atom stereocenters. The van der Waals surface area contributed by atoms with Crippen LogP contribution in [0.15, 0.2) is 30.5 Å². The number of fused-ring (bicyclic) bond motifs is 4. The fourth-order valence-electron chi connectivity index (χ4n) is 4.50. The minimum Gasteiger partial charge on any atom is -0.326 e.